The second-order valence-corrected chi connectivity index (χ2v) is 9.42. The number of nitrogens with zero attached hydrogens (tertiary/aromatic N) is 5. The molecule has 144 valence electrons. The zero-order chi connectivity index (χ0) is 19.3. The molecule has 0 aromatic carbocycles. The molecule has 0 saturated heterocycles. The maximum Gasteiger partial charge on any atom is 0.182 e. The van der Waals surface area contributed by atoms with Crippen LogP contribution in [0.5, 0.6) is 0 Å². The van der Waals surface area contributed by atoms with E-state index in [1.54, 1.807) is 25.0 Å². The molecule has 8 nitrogen and oxygen atoms in total. The van der Waals surface area contributed by atoms with E-state index in [2.05, 4.69) is 25.0 Å². The number of rotatable bonds is 5. The van der Waals surface area contributed by atoms with E-state index in [1.165, 1.54) is 0 Å². The Morgan fingerprint density at radius 2 is 2.04 bits per heavy atom. The molecule has 0 amide bonds. The van der Waals surface area contributed by atoms with Crippen molar-refractivity contribution in [3.8, 4) is 0 Å². The van der Waals surface area contributed by atoms with E-state index in [9.17, 15) is 8.42 Å². The molecule has 1 N–H and O–H groups in total. The Labute approximate surface area is 158 Å². The van der Waals surface area contributed by atoms with Crippen LogP contribution in [0.2, 0.25) is 0 Å². The van der Waals surface area contributed by atoms with Gasteiger partial charge in [0.25, 0.3) is 0 Å². The average molecular weight is 388 g/mol. The van der Waals surface area contributed by atoms with Crippen LogP contribution in [0.4, 0.5) is 5.82 Å². The Morgan fingerprint density at radius 3 is 2.70 bits per heavy atom. The number of aryl methyl sites for hydroxylation is 2. The normalized spacial score (nSPS) is 20.0. The van der Waals surface area contributed by atoms with Crippen LogP contribution in [0, 0.1) is 19.8 Å². The van der Waals surface area contributed by atoms with Gasteiger partial charge in [-0.25, -0.2) is 18.4 Å². The summed E-state index contributed by atoms with van der Waals surface area (Å²) in [4.78, 5) is 14.3. The van der Waals surface area contributed by atoms with Crippen LogP contribution in [0.3, 0.4) is 0 Å². The molecule has 1 aliphatic rings. The Bertz CT molecular complexity index is 1090. The lowest BCUT2D eigenvalue weighted by Gasteiger charge is -2.41. The molecule has 3 aromatic heterocycles. The van der Waals surface area contributed by atoms with Crippen molar-refractivity contribution in [2.45, 2.75) is 37.6 Å². The van der Waals surface area contributed by atoms with Crippen molar-refractivity contribution in [3.63, 3.8) is 0 Å². The predicted molar refractivity (Wildman–Crippen MR) is 104 cm³/mol. The van der Waals surface area contributed by atoms with Gasteiger partial charge in [0, 0.05) is 26.3 Å². The van der Waals surface area contributed by atoms with Crippen LogP contribution in [0.25, 0.3) is 11.0 Å². The minimum Gasteiger partial charge on any atom is -0.356 e. The summed E-state index contributed by atoms with van der Waals surface area (Å²) in [7, 11) is 0.458. The molecule has 0 radical (unpaired) electrons. The highest BCUT2D eigenvalue weighted by atomic mass is 32.2. The van der Waals surface area contributed by atoms with Crippen molar-refractivity contribution in [1.82, 2.24) is 24.7 Å². The van der Waals surface area contributed by atoms with E-state index in [1.807, 2.05) is 26.2 Å². The fourth-order valence-electron chi connectivity index (χ4n) is 4.06. The lowest BCUT2D eigenvalue weighted by molar-refractivity contribution is 0.282. The quantitative estimate of drug-likeness (QED) is 0.718. The van der Waals surface area contributed by atoms with Gasteiger partial charge in [-0.2, -0.15) is 5.10 Å². The van der Waals surface area contributed by atoms with Gasteiger partial charge in [0.15, 0.2) is 9.84 Å². The summed E-state index contributed by atoms with van der Waals surface area (Å²) in [5, 5.41) is 5.23. The zero-order valence-corrected chi connectivity index (χ0v) is 16.8. The molecule has 4 rings (SSSR count). The third kappa shape index (κ3) is 2.99. The van der Waals surface area contributed by atoms with Crippen LogP contribution in [0.15, 0.2) is 23.5 Å². The first-order chi connectivity index (χ1) is 12.8. The zero-order valence-electron chi connectivity index (χ0n) is 16.0. The van der Waals surface area contributed by atoms with Crippen LogP contribution >= 0.6 is 0 Å². The summed E-state index contributed by atoms with van der Waals surface area (Å²) in [5.41, 5.74) is 2.10. The molecule has 0 bridgehead atoms. The Kier molecular flexibility index (Phi) is 4.21. The Balaban J connectivity index is 1.46. The lowest BCUT2D eigenvalue weighted by Crippen LogP contribution is -2.45. The number of aromatic amines is 1. The molecular formula is C18H24N6O2S. The maximum atomic E-state index is 12.9. The first-order valence-corrected chi connectivity index (χ1v) is 10.7. The van der Waals surface area contributed by atoms with Crippen LogP contribution in [-0.2, 0) is 16.9 Å². The predicted octanol–water partition coefficient (Wildman–Crippen LogP) is 2.00. The third-order valence-corrected chi connectivity index (χ3v) is 7.76. The summed E-state index contributed by atoms with van der Waals surface area (Å²) in [6.45, 7) is 3.57. The van der Waals surface area contributed by atoms with Crippen LogP contribution in [-0.4, -0.2) is 52.0 Å². The van der Waals surface area contributed by atoms with Crippen molar-refractivity contribution in [3.05, 3.63) is 30.0 Å². The summed E-state index contributed by atoms with van der Waals surface area (Å²) in [6.07, 6.45) is 5.08. The van der Waals surface area contributed by atoms with Crippen LogP contribution in [0.1, 0.15) is 24.2 Å². The monoisotopic (exact) mass is 388 g/mol. The maximum absolute atomic E-state index is 12.9. The van der Waals surface area contributed by atoms with Gasteiger partial charge >= 0.3 is 0 Å². The van der Waals surface area contributed by atoms with Gasteiger partial charge in [0.2, 0.25) is 0 Å². The van der Waals surface area contributed by atoms with Crippen molar-refractivity contribution < 1.29 is 8.42 Å². The number of nitrogens with one attached hydrogen (secondary N) is 1. The standard InChI is InChI=1S/C18H24N6O2S/c1-11-16(12(2)24(4)22-11)27(25,26)9-13-7-14(8-13)23(3)18-15-5-6-19-17(15)20-10-21-18/h5-6,10,13-14H,7-9H2,1-4H3,(H,19,20,21)/t13-,14+. The molecule has 0 atom stereocenters. The molecule has 3 heterocycles. The number of anilines is 1. The molecule has 0 unspecified atom stereocenters. The summed E-state index contributed by atoms with van der Waals surface area (Å²) >= 11 is 0. The molecule has 1 saturated carbocycles. The second-order valence-electron chi connectivity index (χ2n) is 7.44. The molecule has 27 heavy (non-hydrogen) atoms. The summed E-state index contributed by atoms with van der Waals surface area (Å²) in [5.74, 6) is 1.21. The van der Waals surface area contributed by atoms with Gasteiger partial charge in [-0.05, 0) is 38.7 Å². The van der Waals surface area contributed by atoms with Crippen molar-refractivity contribution >= 4 is 26.7 Å². The van der Waals surface area contributed by atoms with Gasteiger partial charge in [-0.3, -0.25) is 4.68 Å². The fourth-order valence-corrected chi connectivity index (χ4v) is 6.20. The Hall–Kier alpha value is -2.42. The molecular weight excluding hydrogens is 364 g/mol. The second kappa shape index (κ2) is 6.33. The molecule has 0 aliphatic heterocycles. The van der Waals surface area contributed by atoms with Gasteiger partial charge in [-0.15, -0.1) is 0 Å². The molecule has 1 aliphatic carbocycles. The minimum absolute atomic E-state index is 0.157. The Morgan fingerprint density at radius 1 is 1.30 bits per heavy atom. The highest BCUT2D eigenvalue weighted by molar-refractivity contribution is 7.91. The van der Waals surface area contributed by atoms with E-state index in [0.29, 0.717) is 16.3 Å². The van der Waals surface area contributed by atoms with E-state index in [4.69, 9.17) is 0 Å². The number of aromatic nitrogens is 5. The first kappa shape index (κ1) is 18.0. The summed E-state index contributed by atoms with van der Waals surface area (Å²) < 4.78 is 27.4. The topological polar surface area (TPSA) is 96.8 Å². The first-order valence-electron chi connectivity index (χ1n) is 9.02. The SMILES string of the molecule is Cc1nn(C)c(C)c1S(=O)(=O)C[C@H]1C[C@@H](N(C)c2ncnc3[nH]ccc23)C1. The number of hydrogen-bond donors (Lipinski definition) is 1. The van der Waals surface area contributed by atoms with Crippen molar-refractivity contribution in [2.24, 2.45) is 13.0 Å². The number of hydrogen-bond acceptors (Lipinski definition) is 6. The molecule has 1 fully saturated rings. The van der Waals surface area contributed by atoms with Crippen LogP contribution < -0.4 is 4.90 Å². The molecule has 0 spiro atoms. The average Bonchev–Trinajstić information content (AvgIpc) is 3.14. The van der Waals surface area contributed by atoms with E-state index < -0.39 is 9.84 Å². The van der Waals surface area contributed by atoms with Crippen molar-refractivity contribution in [1.29, 1.82) is 0 Å². The highest BCUT2D eigenvalue weighted by Crippen LogP contribution is 2.37. The number of sulfone groups is 1. The summed E-state index contributed by atoms with van der Waals surface area (Å²) in [6, 6.07) is 2.25. The van der Waals surface area contributed by atoms with Gasteiger partial charge in [-0.1, -0.05) is 0 Å². The van der Waals surface area contributed by atoms with Crippen molar-refractivity contribution in [2.75, 3.05) is 17.7 Å². The lowest BCUT2D eigenvalue weighted by atomic mass is 9.81. The van der Waals surface area contributed by atoms with E-state index >= 15 is 0 Å². The van der Waals surface area contributed by atoms with E-state index in [0.717, 1.165) is 29.7 Å². The third-order valence-electron chi connectivity index (χ3n) is 5.63. The number of H-pyrrole nitrogens is 1. The molecule has 9 heteroatoms. The van der Waals surface area contributed by atoms with E-state index in [-0.39, 0.29) is 17.7 Å². The van der Waals surface area contributed by atoms with Gasteiger partial charge in [0.05, 0.1) is 22.5 Å². The smallest absolute Gasteiger partial charge is 0.182 e. The minimum atomic E-state index is -3.33. The largest absolute Gasteiger partial charge is 0.356 e. The number of fused-ring (bicyclic) bond motifs is 1. The highest BCUT2D eigenvalue weighted by Gasteiger charge is 2.37. The van der Waals surface area contributed by atoms with Gasteiger partial charge in [0.1, 0.15) is 22.7 Å². The van der Waals surface area contributed by atoms with Gasteiger partial charge < -0.3 is 9.88 Å². The fraction of sp³-hybridized carbons (Fsp3) is 0.500. The molecule has 3 aromatic rings.